The van der Waals surface area contributed by atoms with Gasteiger partial charge < -0.3 is 10.4 Å². The van der Waals surface area contributed by atoms with Gasteiger partial charge in [0.05, 0.1) is 23.4 Å². The van der Waals surface area contributed by atoms with E-state index in [1.807, 2.05) is 0 Å². The van der Waals surface area contributed by atoms with Crippen LogP contribution in [0.1, 0.15) is 61.0 Å². The van der Waals surface area contributed by atoms with E-state index in [0.29, 0.717) is 5.56 Å². The number of fused-ring (bicyclic) bond motifs is 1. The fourth-order valence-corrected chi connectivity index (χ4v) is 4.51. The number of pyridine rings is 1. The van der Waals surface area contributed by atoms with Gasteiger partial charge in [0.1, 0.15) is 17.0 Å². The molecule has 0 unspecified atom stereocenters. The average molecular weight is 594 g/mol. The fourth-order valence-electron chi connectivity index (χ4n) is 4.51. The van der Waals surface area contributed by atoms with Gasteiger partial charge in [-0.05, 0) is 72.1 Å². The van der Waals surface area contributed by atoms with Gasteiger partial charge in [0.25, 0.3) is 5.91 Å². The highest BCUT2D eigenvalue weighted by Gasteiger charge is 2.30. The van der Waals surface area contributed by atoms with Gasteiger partial charge in [-0.3, -0.25) is 14.0 Å². The molecule has 0 fully saturated rings. The van der Waals surface area contributed by atoms with E-state index >= 15 is 0 Å². The molecule has 0 spiro atoms. The summed E-state index contributed by atoms with van der Waals surface area (Å²) in [5, 5.41) is 11.9. The standard InChI is InChI=1S/C31H20F5N3O4/c1-16(17-2-4-19(5-3-17)30(42)43)38-29(41)25-13-21(20-8-11-23(32)24(33)12-20)14-27-37-15-26(39(25)27)28(40)18-6-9-22(10-7-18)31(34,35)36/h2-16H,1H3,(H,38,41)(H,42,43)/t16-/m0/s1. The van der Waals surface area contributed by atoms with Gasteiger partial charge >= 0.3 is 12.1 Å². The van der Waals surface area contributed by atoms with Crippen molar-refractivity contribution in [2.45, 2.75) is 19.1 Å². The van der Waals surface area contributed by atoms with Crippen LogP contribution in [-0.4, -0.2) is 32.2 Å². The minimum atomic E-state index is -4.60. The third kappa shape index (κ3) is 5.85. The number of hydrogen-bond donors (Lipinski definition) is 2. The molecule has 1 atom stereocenters. The number of amides is 1. The molecule has 2 aromatic heterocycles. The van der Waals surface area contributed by atoms with E-state index in [1.54, 1.807) is 6.92 Å². The van der Waals surface area contributed by atoms with Crippen molar-refractivity contribution >= 4 is 23.3 Å². The lowest BCUT2D eigenvalue weighted by atomic mass is 10.0. The van der Waals surface area contributed by atoms with Crippen LogP contribution in [0.25, 0.3) is 16.8 Å². The molecule has 0 aliphatic rings. The third-order valence-electron chi connectivity index (χ3n) is 6.80. The number of nitrogens with zero attached hydrogens (tertiary/aromatic N) is 2. The molecule has 218 valence electrons. The van der Waals surface area contributed by atoms with Crippen molar-refractivity contribution in [2.75, 3.05) is 0 Å². The summed E-state index contributed by atoms with van der Waals surface area (Å²) in [5.41, 5.74) is -0.0940. The van der Waals surface area contributed by atoms with Crippen molar-refractivity contribution in [3.05, 3.63) is 130 Å². The maximum Gasteiger partial charge on any atom is 0.416 e. The summed E-state index contributed by atoms with van der Waals surface area (Å²) in [6.45, 7) is 1.65. The van der Waals surface area contributed by atoms with Crippen LogP contribution in [0.15, 0.2) is 85.1 Å². The molecule has 0 radical (unpaired) electrons. The number of nitrogens with one attached hydrogen (secondary N) is 1. The molecule has 2 N–H and O–H groups in total. The van der Waals surface area contributed by atoms with Gasteiger partial charge in [-0.1, -0.05) is 30.3 Å². The zero-order valence-corrected chi connectivity index (χ0v) is 22.1. The topological polar surface area (TPSA) is 101 Å². The molecule has 1 amide bonds. The second-order valence-electron chi connectivity index (χ2n) is 9.62. The quantitative estimate of drug-likeness (QED) is 0.161. The van der Waals surface area contributed by atoms with E-state index in [0.717, 1.165) is 42.6 Å². The molecule has 0 saturated carbocycles. The maximum absolute atomic E-state index is 14.0. The van der Waals surface area contributed by atoms with E-state index in [4.69, 9.17) is 5.11 Å². The molecule has 3 aromatic carbocycles. The molecule has 43 heavy (non-hydrogen) atoms. The van der Waals surface area contributed by atoms with E-state index in [1.165, 1.54) is 46.9 Å². The highest BCUT2D eigenvalue weighted by Crippen LogP contribution is 2.30. The lowest BCUT2D eigenvalue weighted by Gasteiger charge is -2.17. The number of imidazole rings is 1. The third-order valence-corrected chi connectivity index (χ3v) is 6.80. The van der Waals surface area contributed by atoms with E-state index < -0.39 is 47.1 Å². The van der Waals surface area contributed by atoms with Gasteiger partial charge in [-0.2, -0.15) is 13.2 Å². The Bertz CT molecular complexity index is 1880. The van der Waals surface area contributed by atoms with Crippen molar-refractivity contribution in [1.29, 1.82) is 0 Å². The first-order chi connectivity index (χ1) is 20.3. The Kier molecular flexibility index (Phi) is 7.53. The predicted molar refractivity (Wildman–Crippen MR) is 145 cm³/mol. The Morgan fingerprint density at radius 3 is 2.07 bits per heavy atom. The van der Waals surface area contributed by atoms with Crippen molar-refractivity contribution < 1.29 is 41.4 Å². The van der Waals surface area contributed by atoms with Crippen molar-refractivity contribution in [1.82, 2.24) is 14.7 Å². The smallest absolute Gasteiger partial charge is 0.416 e. The zero-order valence-electron chi connectivity index (χ0n) is 22.1. The first-order valence-corrected chi connectivity index (χ1v) is 12.7. The first kappa shape index (κ1) is 29.1. The van der Waals surface area contributed by atoms with Gasteiger partial charge in [0.2, 0.25) is 5.78 Å². The molecular weight excluding hydrogens is 573 g/mol. The number of halogens is 5. The largest absolute Gasteiger partial charge is 0.478 e. The second kappa shape index (κ2) is 11.1. The number of carboxylic acid groups (broad SMARTS) is 1. The number of ketones is 1. The lowest BCUT2D eigenvalue weighted by Crippen LogP contribution is -2.29. The number of hydrogen-bond acceptors (Lipinski definition) is 4. The van der Waals surface area contributed by atoms with Crippen LogP contribution in [0.5, 0.6) is 0 Å². The maximum atomic E-state index is 14.0. The molecule has 0 aliphatic heterocycles. The molecule has 0 saturated heterocycles. The summed E-state index contributed by atoms with van der Waals surface area (Å²) in [7, 11) is 0. The van der Waals surface area contributed by atoms with Crippen LogP contribution in [0.4, 0.5) is 22.0 Å². The number of carboxylic acids is 1. The fraction of sp³-hybridized carbons (Fsp3) is 0.0968. The molecule has 0 aliphatic carbocycles. The van der Waals surface area contributed by atoms with E-state index in [2.05, 4.69) is 10.3 Å². The first-order valence-electron chi connectivity index (χ1n) is 12.7. The van der Waals surface area contributed by atoms with Crippen LogP contribution in [-0.2, 0) is 6.18 Å². The minimum absolute atomic E-state index is 0.0491. The lowest BCUT2D eigenvalue weighted by molar-refractivity contribution is -0.137. The van der Waals surface area contributed by atoms with Crippen molar-refractivity contribution in [2.24, 2.45) is 0 Å². The predicted octanol–water partition coefficient (Wildman–Crippen LogP) is 6.72. The highest BCUT2D eigenvalue weighted by atomic mass is 19.4. The SMILES string of the molecule is C[C@H](NC(=O)c1cc(-c2ccc(F)c(F)c2)cc2ncc(C(=O)c3ccc(C(F)(F)F)cc3)n12)c1ccc(C(=O)O)cc1. The Morgan fingerprint density at radius 2 is 1.47 bits per heavy atom. The Hall–Kier alpha value is -5.39. The van der Waals surface area contributed by atoms with Gasteiger partial charge in [0.15, 0.2) is 11.6 Å². The molecule has 0 bridgehead atoms. The van der Waals surface area contributed by atoms with Crippen molar-refractivity contribution in [3.8, 4) is 11.1 Å². The summed E-state index contributed by atoms with van der Waals surface area (Å²) < 4.78 is 68.0. The number of aromatic carboxylic acids is 1. The summed E-state index contributed by atoms with van der Waals surface area (Å²) in [5.74, 6) is -4.74. The Morgan fingerprint density at radius 1 is 0.814 bits per heavy atom. The minimum Gasteiger partial charge on any atom is -0.478 e. The zero-order chi connectivity index (χ0) is 31.1. The van der Waals surface area contributed by atoms with Crippen molar-refractivity contribution in [3.63, 3.8) is 0 Å². The summed E-state index contributed by atoms with van der Waals surface area (Å²) in [4.78, 5) is 42.5. The van der Waals surface area contributed by atoms with Gasteiger partial charge in [-0.25, -0.2) is 18.6 Å². The number of carbonyl (C=O) groups excluding carboxylic acids is 2. The molecule has 7 nitrogen and oxygen atoms in total. The monoisotopic (exact) mass is 593 g/mol. The summed E-state index contributed by atoms with van der Waals surface area (Å²) >= 11 is 0. The number of alkyl halides is 3. The Balaban J connectivity index is 1.58. The Labute approximate surface area is 240 Å². The molecule has 12 heteroatoms. The van der Waals surface area contributed by atoms with Crippen LogP contribution in [0.3, 0.4) is 0 Å². The average Bonchev–Trinajstić information content (AvgIpc) is 3.41. The highest BCUT2D eigenvalue weighted by molar-refractivity contribution is 6.09. The van der Waals surface area contributed by atoms with E-state index in [9.17, 15) is 36.3 Å². The molecular formula is C31H20F5N3O4. The van der Waals surface area contributed by atoms with Crippen LogP contribution in [0, 0.1) is 11.6 Å². The number of benzene rings is 3. The second-order valence-corrected chi connectivity index (χ2v) is 9.62. The molecule has 5 aromatic rings. The van der Waals surface area contributed by atoms with Crippen LogP contribution in [0.2, 0.25) is 0 Å². The van der Waals surface area contributed by atoms with Gasteiger partial charge in [-0.15, -0.1) is 0 Å². The number of aromatic nitrogens is 2. The van der Waals surface area contributed by atoms with Gasteiger partial charge in [0, 0.05) is 5.56 Å². The summed E-state index contributed by atoms with van der Waals surface area (Å²) in [6.07, 6.45) is -3.44. The van der Waals surface area contributed by atoms with Crippen LogP contribution < -0.4 is 5.32 Å². The number of carbonyl (C=O) groups is 3. The normalized spacial score (nSPS) is 12.2. The number of rotatable bonds is 7. The molecule has 5 rings (SSSR count). The van der Waals surface area contributed by atoms with Crippen LogP contribution >= 0.6 is 0 Å². The van der Waals surface area contributed by atoms with E-state index in [-0.39, 0.29) is 39.3 Å². The summed E-state index contributed by atoms with van der Waals surface area (Å²) in [6, 6.07) is 14.7. The molecule has 2 heterocycles.